The van der Waals surface area contributed by atoms with Crippen molar-refractivity contribution in [3.63, 3.8) is 0 Å². The maximum atomic E-state index is 4.25. The summed E-state index contributed by atoms with van der Waals surface area (Å²) < 4.78 is 0. The molecule has 0 amide bonds. The summed E-state index contributed by atoms with van der Waals surface area (Å²) in [6.45, 7) is 18.8. The highest BCUT2D eigenvalue weighted by atomic mass is 15.1. The molecule has 0 aromatic rings. The maximum Gasteiger partial charge on any atom is 0.0369 e. The van der Waals surface area contributed by atoms with E-state index in [0.717, 1.165) is 31.6 Å². The van der Waals surface area contributed by atoms with Gasteiger partial charge in [0.05, 0.1) is 0 Å². The molecule has 0 spiro atoms. The van der Waals surface area contributed by atoms with Gasteiger partial charge in [-0.05, 0) is 32.3 Å². The number of rotatable bonds is 8. The zero-order valence-corrected chi connectivity index (χ0v) is 11.9. The van der Waals surface area contributed by atoms with E-state index in [4.69, 9.17) is 0 Å². The zero-order chi connectivity index (χ0) is 13.3. The molecule has 0 fully saturated rings. The molecule has 0 aliphatic rings. The van der Waals surface area contributed by atoms with Crippen LogP contribution in [0, 0.1) is 0 Å². The summed E-state index contributed by atoms with van der Waals surface area (Å²) >= 11 is 0. The van der Waals surface area contributed by atoms with E-state index in [1.165, 1.54) is 11.1 Å². The van der Waals surface area contributed by atoms with E-state index in [1.54, 1.807) is 0 Å². The van der Waals surface area contributed by atoms with E-state index in [1.807, 2.05) is 13.0 Å². The molecule has 0 aliphatic carbocycles. The SMILES string of the molecule is C=C/C(CC)=C(\C=CC)C(=C)N(CC)CCC. The van der Waals surface area contributed by atoms with Gasteiger partial charge in [-0.1, -0.05) is 45.2 Å². The summed E-state index contributed by atoms with van der Waals surface area (Å²) in [6.07, 6.45) is 8.29. The molecule has 96 valence electrons. The molecular weight excluding hydrogens is 206 g/mol. The van der Waals surface area contributed by atoms with Crippen LogP contribution >= 0.6 is 0 Å². The van der Waals surface area contributed by atoms with Crippen LogP contribution in [0.4, 0.5) is 0 Å². The van der Waals surface area contributed by atoms with Crippen molar-refractivity contribution in [3.05, 3.63) is 48.2 Å². The Labute approximate surface area is 107 Å². The highest BCUT2D eigenvalue weighted by Gasteiger charge is 2.10. The Kier molecular flexibility index (Phi) is 8.21. The minimum absolute atomic E-state index is 0.992. The van der Waals surface area contributed by atoms with E-state index in [2.05, 4.69) is 51.0 Å². The predicted octanol–water partition coefficient (Wildman–Crippen LogP) is 4.70. The molecule has 0 heterocycles. The van der Waals surface area contributed by atoms with Crippen molar-refractivity contribution in [2.24, 2.45) is 0 Å². The molecule has 1 heteroatoms. The Morgan fingerprint density at radius 3 is 2.24 bits per heavy atom. The lowest BCUT2D eigenvalue weighted by Gasteiger charge is -2.26. The fraction of sp³-hybridized carbons (Fsp3) is 0.500. The average molecular weight is 233 g/mol. The molecule has 17 heavy (non-hydrogen) atoms. The number of hydrogen-bond acceptors (Lipinski definition) is 1. The summed E-state index contributed by atoms with van der Waals surface area (Å²) in [5.74, 6) is 0. The summed E-state index contributed by atoms with van der Waals surface area (Å²) in [6, 6.07) is 0. The van der Waals surface area contributed by atoms with Gasteiger partial charge in [0, 0.05) is 24.4 Å². The molecule has 0 rings (SSSR count). The van der Waals surface area contributed by atoms with Gasteiger partial charge >= 0.3 is 0 Å². The van der Waals surface area contributed by atoms with Gasteiger partial charge in [-0.3, -0.25) is 0 Å². The Hall–Kier alpha value is -1.24. The first-order valence-corrected chi connectivity index (χ1v) is 6.58. The average Bonchev–Trinajstić information content (AvgIpc) is 2.35. The molecule has 0 radical (unpaired) electrons. The van der Waals surface area contributed by atoms with Crippen LogP contribution in [0.15, 0.2) is 48.2 Å². The molecular formula is C16H27N. The van der Waals surface area contributed by atoms with Gasteiger partial charge in [0.2, 0.25) is 0 Å². The standard InChI is InChI=1S/C16H27N/c1-7-12-16(15(9-3)10-4)14(6)17(11-5)13-8-2/h7,9,12H,3,6,8,10-11,13H2,1-2,4-5H3/b12-7?,16-15-. The fourth-order valence-corrected chi connectivity index (χ4v) is 1.92. The lowest BCUT2D eigenvalue weighted by Crippen LogP contribution is -2.24. The van der Waals surface area contributed by atoms with Gasteiger partial charge in [0.25, 0.3) is 0 Å². The Morgan fingerprint density at radius 1 is 1.24 bits per heavy atom. The van der Waals surface area contributed by atoms with Gasteiger partial charge in [0.1, 0.15) is 0 Å². The molecule has 0 aromatic heterocycles. The third-order valence-electron chi connectivity index (χ3n) is 2.87. The topological polar surface area (TPSA) is 3.24 Å². The van der Waals surface area contributed by atoms with Gasteiger partial charge < -0.3 is 4.90 Å². The van der Waals surface area contributed by atoms with E-state index >= 15 is 0 Å². The molecule has 1 nitrogen and oxygen atoms in total. The van der Waals surface area contributed by atoms with Crippen LogP contribution in [0.1, 0.15) is 40.5 Å². The smallest absolute Gasteiger partial charge is 0.0369 e. The van der Waals surface area contributed by atoms with Crippen molar-refractivity contribution >= 4 is 0 Å². The number of allylic oxidation sites excluding steroid dienone is 4. The number of likely N-dealkylation sites (N-methyl/N-ethyl adjacent to an activating group) is 1. The lowest BCUT2D eigenvalue weighted by atomic mass is 10.0. The Bertz CT molecular complexity index is 307. The zero-order valence-electron chi connectivity index (χ0n) is 11.9. The monoisotopic (exact) mass is 233 g/mol. The van der Waals surface area contributed by atoms with Crippen molar-refractivity contribution < 1.29 is 0 Å². The second-order valence-electron chi connectivity index (χ2n) is 4.02. The minimum Gasteiger partial charge on any atom is -0.372 e. The number of nitrogens with zero attached hydrogens (tertiary/aromatic N) is 1. The van der Waals surface area contributed by atoms with Crippen molar-refractivity contribution in [1.82, 2.24) is 4.90 Å². The molecule has 0 atom stereocenters. The second-order valence-corrected chi connectivity index (χ2v) is 4.02. The molecule has 0 unspecified atom stereocenters. The van der Waals surface area contributed by atoms with Gasteiger partial charge in [-0.25, -0.2) is 0 Å². The molecule has 0 saturated heterocycles. The van der Waals surface area contributed by atoms with E-state index in [9.17, 15) is 0 Å². The van der Waals surface area contributed by atoms with Crippen molar-refractivity contribution in [2.45, 2.75) is 40.5 Å². The van der Waals surface area contributed by atoms with Crippen LogP contribution in [0.25, 0.3) is 0 Å². The first-order valence-electron chi connectivity index (χ1n) is 6.58. The van der Waals surface area contributed by atoms with Crippen LogP contribution in [-0.2, 0) is 0 Å². The quantitative estimate of drug-likeness (QED) is 0.549. The van der Waals surface area contributed by atoms with Gasteiger partial charge in [0.15, 0.2) is 0 Å². The van der Waals surface area contributed by atoms with Crippen molar-refractivity contribution in [1.29, 1.82) is 0 Å². The molecule has 0 aliphatic heterocycles. The van der Waals surface area contributed by atoms with Crippen molar-refractivity contribution in [3.8, 4) is 0 Å². The lowest BCUT2D eigenvalue weighted by molar-refractivity contribution is 0.371. The normalized spacial score (nSPS) is 12.5. The number of hydrogen-bond donors (Lipinski definition) is 0. The largest absolute Gasteiger partial charge is 0.372 e. The van der Waals surface area contributed by atoms with Gasteiger partial charge in [-0.2, -0.15) is 0 Å². The molecule has 0 bridgehead atoms. The second kappa shape index (κ2) is 8.86. The highest BCUT2D eigenvalue weighted by Crippen LogP contribution is 2.22. The summed E-state index contributed by atoms with van der Waals surface area (Å²) in [7, 11) is 0. The van der Waals surface area contributed by atoms with Crippen molar-refractivity contribution in [2.75, 3.05) is 13.1 Å². The van der Waals surface area contributed by atoms with Gasteiger partial charge in [-0.15, -0.1) is 0 Å². The van der Waals surface area contributed by atoms with Crippen LogP contribution < -0.4 is 0 Å². The third kappa shape index (κ3) is 4.64. The maximum absolute atomic E-state index is 4.25. The van der Waals surface area contributed by atoms with Crippen LogP contribution in [0.5, 0.6) is 0 Å². The highest BCUT2D eigenvalue weighted by molar-refractivity contribution is 5.44. The third-order valence-corrected chi connectivity index (χ3v) is 2.87. The van der Waals surface area contributed by atoms with E-state index < -0.39 is 0 Å². The molecule has 0 saturated carbocycles. The Morgan fingerprint density at radius 2 is 1.88 bits per heavy atom. The van der Waals surface area contributed by atoms with E-state index in [-0.39, 0.29) is 0 Å². The Balaban J connectivity index is 5.25. The molecule has 0 N–H and O–H groups in total. The summed E-state index contributed by atoms with van der Waals surface area (Å²) in [4.78, 5) is 2.33. The van der Waals surface area contributed by atoms with Crippen LogP contribution in [-0.4, -0.2) is 18.0 Å². The first-order chi connectivity index (χ1) is 8.15. The van der Waals surface area contributed by atoms with E-state index in [0.29, 0.717) is 0 Å². The molecule has 0 aromatic carbocycles. The van der Waals surface area contributed by atoms with Crippen LogP contribution in [0.3, 0.4) is 0 Å². The minimum atomic E-state index is 0.992. The first kappa shape index (κ1) is 15.8. The fourth-order valence-electron chi connectivity index (χ4n) is 1.92. The summed E-state index contributed by atoms with van der Waals surface area (Å²) in [5.41, 5.74) is 3.60. The predicted molar refractivity (Wildman–Crippen MR) is 79.0 cm³/mol. The summed E-state index contributed by atoms with van der Waals surface area (Å²) in [5, 5.41) is 0. The van der Waals surface area contributed by atoms with Crippen LogP contribution in [0.2, 0.25) is 0 Å².